The second-order valence-electron chi connectivity index (χ2n) is 6.68. The molecule has 3 rings (SSSR count). The lowest BCUT2D eigenvalue weighted by molar-refractivity contribution is -0.328. The molecular weight excluding hydrogens is 454 g/mol. The number of alkyl halides is 6. The van der Waals surface area contributed by atoms with Gasteiger partial charge in [0.1, 0.15) is 5.75 Å². The molecule has 33 heavy (non-hydrogen) atoms. The van der Waals surface area contributed by atoms with Crippen molar-refractivity contribution in [2.75, 3.05) is 5.32 Å². The van der Waals surface area contributed by atoms with Crippen molar-refractivity contribution in [1.82, 2.24) is 4.98 Å². The first-order chi connectivity index (χ1) is 15.5. The molecular formula is C22H14F6N2O3. The minimum Gasteiger partial charge on any atom is -0.454 e. The van der Waals surface area contributed by atoms with Crippen molar-refractivity contribution >= 4 is 17.4 Å². The highest BCUT2D eigenvalue weighted by atomic mass is 19.4. The van der Waals surface area contributed by atoms with Crippen molar-refractivity contribution in [2.45, 2.75) is 18.5 Å². The van der Waals surface area contributed by atoms with Crippen molar-refractivity contribution in [2.24, 2.45) is 0 Å². The molecule has 1 atom stereocenters. The molecule has 0 aliphatic heterocycles. The third kappa shape index (κ3) is 5.48. The van der Waals surface area contributed by atoms with Crippen molar-refractivity contribution in [3.63, 3.8) is 0 Å². The molecule has 0 saturated heterocycles. The molecule has 1 heterocycles. The van der Waals surface area contributed by atoms with Gasteiger partial charge in [-0.2, -0.15) is 26.3 Å². The quantitative estimate of drug-likeness (QED) is 0.371. The Labute approximate surface area is 183 Å². The summed E-state index contributed by atoms with van der Waals surface area (Å²) in [5.41, 5.74) is 1.14. The fraction of sp³-hybridized carbons (Fsp3) is 0.136. The fourth-order valence-electron chi connectivity index (χ4n) is 2.59. The zero-order chi connectivity index (χ0) is 24.2. The Balaban J connectivity index is 1.62. The summed E-state index contributed by atoms with van der Waals surface area (Å²) in [6.07, 6.45) is -7.11. The molecule has 0 aliphatic carbocycles. The van der Waals surface area contributed by atoms with E-state index in [1.54, 1.807) is 12.1 Å². The topological polar surface area (TPSA) is 68.3 Å². The van der Waals surface area contributed by atoms with E-state index >= 15 is 0 Å². The van der Waals surface area contributed by atoms with Crippen LogP contribution in [0.25, 0.3) is 0 Å². The number of hydrogen-bond acceptors (Lipinski definition) is 4. The fourth-order valence-corrected chi connectivity index (χ4v) is 2.59. The predicted octanol–water partition coefficient (Wildman–Crippen LogP) is 5.44. The number of nitrogens with one attached hydrogen (secondary N) is 1. The Morgan fingerprint density at radius 2 is 1.30 bits per heavy atom. The molecule has 3 aromatic rings. The molecule has 5 nitrogen and oxygen atoms in total. The average Bonchev–Trinajstić information content (AvgIpc) is 2.79. The minimum atomic E-state index is -6.12. The van der Waals surface area contributed by atoms with Gasteiger partial charge in [-0.3, -0.25) is 14.6 Å². The minimum absolute atomic E-state index is 0.00252. The second kappa shape index (κ2) is 9.31. The molecule has 2 aromatic carbocycles. The maximum atomic E-state index is 13.3. The maximum Gasteiger partial charge on any atom is 0.460 e. The van der Waals surface area contributed by atoms with Gasteiger partial charge in [-0.05, 0) is 60.7 Å². The van der Waals surface area contributed by atoms with E-state index in [0.29, 0.717) is 16.8 Å². The number of carbonyl (C=O) groups excluding carboxylic acids is 2. The highest BCUT2D eigenvalue weighted by Gasteiger charge is 2.65. The van der Waals surface area contributed by atoms with Crippen molar-refractivity contribution in [3.8, 4) is 5.75 Å². The summed E-state index contributed by atoms with van der Waals surface area (Å²) in [5, 5.41) is 2.52. The van der Waals surface area contributed by atoms with Crippen LogP contribution in [0.5, 0.6) is 5.75 Å². The first-order valence-corrected chi connectivity index (χ1v) is 9.20. The van der Waals surface area contributed by atoms with Crippen LogP contribution in [-0.2, 0) is 0 Å². The molecule has 0 aliphatic rings. The molecule has 172 valence electrons. The van der Waals surface area contributed by atoms with E-state index in [4.69, 9.17) is 0 Å². The van der Waals surface area contributed by atoms with E-state index in [9.17, 15) is 35.9 Å². The summed E-state index contributed by atoms with van der Waals surface area (Å²) in [6, 6.07) is 13.0. The normalized spacial score (nSPS) is 12.7. The van der Waals surface area contributed by atoms with Gasteiger partial charge in [-0.1, -0.05) is 0 Å². The van der Waals surface area contributed by atoms with E-state index in [1.165, 1.54) is 36.7 Å². The number of amides is 1. The van der Waals surface area contributed by atoms with Gasteiger partial charge in [0.05, 0.1) is 0 Å². The van der Waals surface area contributed by atoms with Crippen LogP contribution < -0.4 is 10.1 Å². The Hall–Kier alpha value is -3.89. The number of rotatable bonds is 7. The molecule has 0 bridgehead atoms. The smallest absolute Gasteiger partial charge is 0.454 e. The van der Waals surface area contributed by atoms with Gasteiger partial charge in [-0.25, -0.2) is 0 Å². The van der Waals surface area contributed by atoms with Crippen LogP contribution in [0.3, 0.4) is 0 Å². The molecule has 1 N–H and O–H groups in total. The number of aromatic nitrogens is 1. The molecule has 1 aromatic heterocycles. The Bertz CT molecular complexity index is 1120. The van der Waals surface area contributed by atoms with Crippen LogP contribution in [0.2, 0.25) is 0 Å². The van der Waals surface area contributed by atoms with E-state index in [0.717, 1.165) is 24.3 Å². The van der Waals surface area contributed by atoms with Gasteiger partial charge in [0.2, 0.25) is 0 Å². The third-order valence-corrected chi connectivity index (χ3v) is 4.37. The standard InChI is InChI=1S/C22H14F6N2O3/c23-20(21(24,25)22(26,27)28)33-17-7-3-15(4-8-17)19(32)30-16-5-1-13(2-6-16)18(31)14-9-11-29-12-10-14/h1-12,20H,(H,30,32)/t20-/m1/s1. The van der Waals surface area contributed by atoms with E-state index in [2.05, 4.69) is 15.0 Å². The summed E-state index contributed by atoms with van der Waals surface area (Å²) in [7, 11) is 0. The van der Waals surface area contributed by atoms with Gasteiger partial charge >= 0.3 is 18.5 Å². The zero-order valence-electron chi connectivity index (χ0n) is 16.4. The summed E-state index contributed by atoms with van der Waals surface area (Å²) in [6.45, 7) is 0. The monoisotopic (exact) mass is 468 g/mol. The average molecular weight is 468 g/mol. The number of ether oxygens (including phenoxy) is 1. The van der Waals surface area contributed by atoms with Gasteiger partial charge in [0, 0.05) is 34.8 Å². The molecule has 0 saturated carbocycles. The summed E-state index contributed by atoms with van der Waals surface area (Å²) in [4.78, 5) is 28.5. The molecule has 0 radical (unpaired) electrons. The first-order valence-electron chi connectivity index (χ1n) is 9.20. The van der Waals surface area contributed by atoms with Crippen LogP contribution in [0.4, 0.5) is 32.0 Å². The number of halogens is 6. The Morgan fingerprint density at radius 3 is 1.85 bits per heavy atom. The van der Waals surface area contributed by atoms with E-state index in [1.807, 2.05) is 0 Å². The number of benzene rings is 2. The zero-order valence-corrected chi connectivity index (χ0v) is 16.4. The van der Waals surface area contributed by atoms with Crippen LogP contribution in [0, 0.1) is 0 Å². The van der Waals surface area contributed by atoms with Crippen LogP contribution in [-0.4, -0.2) is 35.1 Å². The van der Waals surface area contributed by atoms with Gasteiger partial charge in [0.15, 0.2) is 5.78 Å². The predicted molar refractivity (Wildman–Crippen MR) is 105 cm³/mol. The van der Waals surface area contributed by atoms with Crippen molar-refractivity contribution < 1.29 is 40.7 Å². The lowest BCUT2D eigenvalue weighted by Gasteiger charge is -2.23. The van der Waals surface area contributed by atoms with Crippen LogP contribution >= 0.6 is 0 Å². The number of anilines is 1. The van der Waals surface area contributed by atoms with E-state index in [-0.39, 0.29) is 11.3 Å². The van der Waals surface area contributed by atoms with E-state index < -0.39 is 30.1 Å². The molecule has 0 fully saturated rings. The van der Waals surface area contributed by atoms with Crippen molar-refractivity contribution in [3.05, 3.63) is 89.7 Å². The number of ketones is 1. The highest BCUT2D eigenvalue weighted by molar-refractivity contribution is 6.09. The maximum absolute atomic E-state index is 13.3. The Kier molecular flexibility index (Phi) is 6.70. The molecule has 0 unspecified atom stereocenters. The molecule has 0 spiro atoms. The van der Waals surface area contributed by atoms with Crippen LogP contribution in [0.1, 0.15) is 26.3 Å². The highest BCUT2D eigenvalue weighted by Crippen LogP contribution is 2.40. The largest absolute Gasteiger partial charge is 0.460 e. The number of carbonyl (C=O) groups is 2. The number of nitrogens with zero attached hydrogens (tertiary/aromatic N) is 1. The molecule has 1 amide bonds. The lowest BCUT2D eigenvalue weighted by Crippen LogP contribution is -2.47. The Morgan fingerprint density at radius 1 is 0.788 bits per heavy atom. The third-order valence-electron chi connectivity index (χ3n) is 4.37. The van der Waals surface area contributed by atoms with Gasteiger partial charge in [-0.15, -0.1) is 0 Å². The lowest BCUT2D eigenvalue weighted by atomic mass is 10.0. The van der Waals surface area contributed by atoms with Crippen molar-refractivity contribution in [1.29, 1.82) is 0 Å². The van der Waals surface area contributed by atoms with Gasteiger partial charge < -0.3 is 10.1 Å². The van der Waals surface area contributed by atoms with Crippen LogP contribution in [0.15, 0.2) is 73.1 Å². The molecule has 11 heteroatoms. The first kappa shape index (κ1) is 23.8. The second-order valence-corrected chi connectivity index (χ2v) is 6.68. The number of hydrogen-bond donors (Lipinski definition) is 1. The summed E-state index contributed by atoms with van der Waals surface area (Å²) < 4.78 is 79.7. The summed E-state index contributed by atoms with van der Waals surface area (Å²) in [5.74, 6) is -7.21. The summed E-state index contributed by atoms with van der Waals surface area (Å²) >= 11 is 0. The van der Waals surface area contributed by atoms with Gasteiger partial charge in [0.25, 0.3) is 5.91 Å². The number of pyridine rings is 1. The SMILES string of the molecule is O=C(Nc1ccc(C(=O)c2ccncc2)cc1)c1ccc(O[C@@H](F)C(F)(F)C(F)(F)F)cc1.